The van der Waals surface area contributed by atoms with Gasteiger partial charge < -0.3 is 10.2 Å². The van der Waals surface area contributed by atoms with Gasteiger partial charge in [-0.1, -0.05) is 78.6 Å². The highest BCUT2D eigenvalue weighted by Crippen LogP contribution is 2.50. The molecule has 2 heteroatoms. The zero-order valence-corrected chi connectivity index (χ0v) is 19.5. The number of aryl methyl sites for hydroxylation is 2. The molecule has 0 radical (unpaired) electrons. The van der Waals surface area contributed by atoms with E-state index >= 15 is 0 Å². The molecule has 0 amide bonds. The lowest BCUT2D eigenvalue weighted by Gasteiger charge is -2.35. The molecule has 1 aliphatic rings. The molecule has 2 nitrogen and oxygen atoms in total. The maximum atomic E-state index is 10.8. The average Bonchev–Trinajstić information content (AvgIpc) is 3.08. The smallest absolute Gasteiger partial charge is 0.122 e. The Morgan fingerprint density at radius 2 is 1.00 bits per heavy atom. The number of hydrogen-bond donors (Lipinski definition) is 2. The predicted molar refractivity (Wildman–Crippen MR) is 122 cm³/mol. The molecule has 29 heavy (non-hydrogen) atoms. The molecule has 0 atom stereocenters. The number of aromatic hydroxyl groups is 2. The minimum absolute atomic E-state index is 0.0586. The van der Waals surface area contributed by atoms with E-state index in [4.69, 9.17) is 0 Å². The number of hydrogen-bond acceptors (Lipinski definition) is 2. The van der Waals surface area contributed by atoms with Crippen molar-refractivity contribution in [3.05, 3.63) is 57.6 Å². The van der Waals surface area contributed by atoms with E-state index in [1.54, 1.807) is 0 Å². The van der Waals surface area contributed by atoms with Gasteiger partial charge in [-0.2, -0.15) is 0 Å². The molecule has 1 aliphatic carbocycles. The Hall–Kier alpha value is -1.96. The molecule has 0 saturated heterocycles. The summed E-state index contributed by atoms with van der Waals surface area (Å²) in [7, 11) is 0. The molecule has 2 aromatic carbocycles. The summed E-state index contributed by atoms with van der Waals surface area (Å²) in [6, 6.07) is 8.86. The molecule has 3 rings (SSSR count). The van der Waals surface area contributed by atoms with Crippen LogP contribution in [0.1, 0.15) is 101 Å². The first kappa shape index (κ1) is 21.7. The van der Waals surface area contributed by atoms with Crippen molar-refractivity contribution >= 4 is 0 Å². The summed E-state index contributed by atoms with van der Waals surface area (Å²) in [5.41, 5.74) is 6.25. The fourth-order valence-corrected chi connectivity index (χ4v) is 4.98. The topological polar surface area (TPSA) is 40.5 Å². The molecule has 0 aromatic heterocycles. The van der Waals surface area contributed by atoms with Crippen molar-refractivity contribution in [3.63, 3.8) is 0 Å². The van der Waals surface area contributed by atoms with Crippen LogP contribution in [0.4, 0.5) is 0 Å². The van der Waals surface area contributed by atoms with E-state index in [1.807, 2.05) is 13.8 Å². The first-order chi connectivity index (χ1) is 13.3. The summed E-state index contributed by atoms with van der Waals surface area (Å²) in [4.78, 5) is 0. The number of phenols is 2. The molecule has 0 unspecified atom stereocenters. The molecular weight excluding hydrogens is 356 g/mol. The Labute approximate surface area is 177 Å². The molecule has 1 fully saturated rings. The normalized spacial score (nSPS) is 17.0. The predicted octanol–water partition coefficient (Wildman–Crippen LogP) is 7.17. The Morgan fingerprint density at radius 3 is 1.31 bits per heavy atom. The lowest BCUT2D eigenvalue weighted by atomic mass is 9.69. The van der Waals surface area contributed by atoms with Crippen LogP contribution in [0, 0.1) is 13.8 Å². The van der Waals surface area contributed by atoms with E-state index in [9.17, 15) is 10.2 Å². The maximum Gasteiger partial charge on any atom is 0.122 e. The highest BCUT2D eigenvalue weighted by atomic mass is 16.3. The Bertz CT molecular complexity index is 846. The summed E-state index contributed by atoms with van der Waals surface area (Å²) >= 11 is 0. The molecule has 0 bridgehead atoms. The van der Waals surface area contributed by atoms with E-state index in [2.05, 4.69) is 65.8 Å². The molecule has 0 aliphatic heterocycles. The number of phenolic OH excluding ortho intramolecular Hbond substituents is 2. The van der Waals surface area contributed by atoms with E-state index in [1.165, 1.54) is 24.0 Å². The molecule has 0 spiro atoms. The zero-order valence-electron chi connectivity index (χ0n) is 19.5. The van der Waals surface area contributed by atoms with Crippen molar-refractivity contribution in [2.24, 2.45) is 0 Å². The number of benzene rings is 2. The maximum absolute atomic E-state index is 10.8. The monoisotopic (exact) mass is 394 g/mol. The number of rotatable bonds is 2. The molecule has 2 N–H and O–H groups in total. The van der Waals surface area contributed by atoms with Gasteiger partial charge in [0, 0.05) is 5.41 Å². The van der Waals surface area contributed by atoms with Crippen molar-refractivity contribution in [3.8, 4) is 11.5 Å². The second kappa shape index (κ2) is 7.07. The minimum Gasteiger partial charge on any atom is -0.507 e. The zero-order chi connectivity index (χ0) is 21.8. The highest BCUT2D eigenvalue weighted by Gasteiger charge is 2.40. The van der Waals surface area contributed by atoms with Gasteiger partial charge in [0.25, 0.3) is 0 Å². The Morgan fingerprint density at radius 1 is 0.655 bits per heavy atom. The van der Waals surface area contributed by atoms with Gasteiger partial charge in [-0.3, -0.25) is 0 Å². The van der Waals surface area contributed by atoms with E-state index in [-0.39, 0.29) is 16.2 Å². The second-order valence-corrected chi connectivity index (χ2v) is 11.2. The van der Waals surface area contributed by atoms with Gasteiger partial charge in [0.1, 0.15) is 11.5 Å². The van der Waals surface area contributed by atoms with Gasteiger partial charge in [0.2, 0.25) is 0 Å². The van der Waals surface area contributed by atoms with Crippen molar-refractivity contribution in [2.45, 2.75) is 97.3 Å². The first-order valence-electron chi connectivity index (χ1n) is 11.0. The fourth-order valence-electron chi connectivity index (χ4n) is 4.98. The summed E-state index contributed by atoms with van der Waals surface area (Å²) in [5.74, 6) is 0.846. The molecular formula is C27H38O2. The van der Waals surface area contributed by atoms with Crippen molar-refractivity contribution in [2.75, 3.05) is 0 Å². The van der Waals surface area contributed by atoms with Crippen LogP contribution in [0.25, 0.3) is 0 Å². The van der Waals surface area contributed by atoms with E-state index in [0.717, 1.165) is 35.1 Å². The first-order valence-corrected chi connectivity index (χ1v) is 11.0. The van der Waals surface area contributed by atoms with Crippen LogP contribution in [-0.2, 0) is 16.2 Å². The van der Waals surface area contributed by atoms with Crippen LogP contribution < -0.4 is 0 Å². The van der Waals surface area contributed by atoms with Crippen LogP contribution in [-0.4, -0.2) is 10.2 Å². The van der Waals surface area contributed by atoms with Gasteiger partial charge in [-0.25, -0.2) is 0 Å². The van der Waals surface area contributed by atoms with E-state index in [0.29, 0.717) is 11.5 Å². The van der Waals surface area contributed by atoms with Crippen LogP contribution in [0.15, 0.2) is 24.3 Å². The van der Waals surface area contributed by atoms with Crippen LogP contribution in [0.5, 0.6) is 11.5 Å². The summed E-state index contributed by atoms with van der Waals surface area (Å²) in [6.45, 7) is 17.0. The second-order valence-electron chi connectivity index (χ2n) is 11.2. The highest BCUT2D eigenvalue weighted by molar-refractivity contribution is 5.55. The van der Waals surface area contributed by atoms with E-state index < -0.39 is 0 Å². The largest absolute Gasteiger partial charge is 0.507 e. The standard InChI is InChI=1S/C27H38O2/c1-17-13-19(15-21(23(17)28)25(3,4)5)27(11-9-10-12-27)20-14-18(2)24(29)22(16-20)26(6,7)8/h13-16,28-29H,9-12H2,1-8H3. The third-order valence-corrected chi connectivity index (χ3v) is 6.78. The van der Waals surface area contributed by atoms with Gasteiger partial charge in [-0.05, 0) is 70.9 Å². The Balaban J connectivity index is 2.29. The quantitative estimate of drug-likeness (QED) is 0.567. The van der Waals surface area contributed by atoms with Gasteiger partial charge >= 0.3 is 0 Å². The van der Waals surface area contributed by atoms with Crippen molar-refractivity contribution in [1.29, 1.82) is 0 Å². The third kappa shape index (κ3) is 3.79. The fraction of sp³-hybridized carbons (Fsp3) is 0.556. The summed E-state index contributed by atoms with van der Waals surface area (Å²) in [5, 5.41) is 21.5. The minimum atomic E-state index is -0.119. The third-order valence-electron chi connectivity index (χ3n) is 6.78. The van der Waals surface area contributed by atoms with Crippen LogP contribution >= 0.6 is 0 Å². The molecule has 158 valence electrons. The van der Waals surface area contributed by atoms with Crippen molar-refractivity contribution < 1.29 is 10.2 Å². The summed E-state index contributed by atoms with van der Waals surface area (Å²) in [6.07, 6.45) is 4.62. The van der Waals surface area contributed by atoms with Crippen LogP contribution in [0.2, 0.25) is 0 Å². The summed E-state index contributed by atoms with van der Waals surface area (Å²) < 4.78 is 0. The lowest BCUT2D eigenvalue weighted by Crippen LogP contribution is -2.26. The average molecular weight is 395 g/mol. The van der Waals surface area contributed by atoms with Crippen molar-refractivity contribution in [1.82, 2.24) is 0 Å². The Kier molecular flexibility index (Phi) is 5.30. The lowest BCUT2D eigenvalue weighted by molar-refractivity contribution is 0.437. The molecule has 1 saturated carbocycles. The molecule has 2 aromatic rings. The SMILES string of the molecule is Cc1cc(C2(c3cc(C)c(O)c(C(C)(C)C)c3)CCCC2)cc(C(C)(C)C)c1O. The van der Waals surface area contributed by atoms with Crippen LogP contribution in [0.3, 0.4) is 0 Å². The van der Waals surface area contributed by atoms with Gasteiger partial charge in [0.05, 0.1) is 0 Å². The van der Waals surface area contributed by atoms with Gasteiger partial charge in [-0.15, -0.1) is 0 Å². The van der Waals surface area contributed by atoms with Gasteiger partial charge in [0.15, 0.2) is 0 Å². The molecule has 0 heterocycles.